The molecule has 0 atom stereocenters. The van der Waals surface area contributed by atoms with Crippen LogP contribution < -0.4 is 0 Å². The summed E-state index contributed by atoms with van der Waals surface area (Å²) in [6, 6.07) is 0. The lowest BCUT2D eigenvalue weighted by Gasteiger charge is -2.40. The first kappa shape index (κ1) is 11.4. The van der Waals surface area contributed by atoms with Crippen LogP contribution in [0.4, 0.5) is 4.39 Å². The van der Waals surface area contributed by atoms with Crippen molar-refractivity contribution in [1.82, 2.24) is 9.80 Å². The summed E-state index contributed by atoms with van der Waals surface area (Å²) in [6.07, 6.45) is 2.16. The van der Waals surface area contributed by atoms with E-state index in [0.717, 1.165) is 6.42 Å². The number of rotatable bonds is 3. The Morgan fingerprint density at radius 2 is 2.19 bits per heavy atom. The summed E-state index contributed by atoms with van der Waals surface area (Å²) in [6.45, 7) is 2.33. The summed E-state index contributed by atoms with van der Waals surface area (Å²) in [5, 5.41) is 0. The van der Waals surface area contributed by atoms with Gasteiger partial charge in [0.1, 0.15) is 13.2 Å². The molecule has 0 N–H and O–H groups in total. The fourth-order valence-electron chi connectivity index (χ4n) is 2.35. The van der Waals surface area contributed by atoms with Gasteiger partial charge in [-0.3, -0.25) is 9.59 Å². The number of carbonyl (C=O) groups excluding carboxylic acids is 2. The second kappa shape index (κ2) is 4.03. The van der Waals surface area contributed by atoms with Crippen LogP contribution in [-0.4, -0.2) is 48.0 Å². The van der Waals surface area contributed by atoms with Gasteiger partial charge in [-0.15, -0.1) is 0 Å². The predicted octanol–water partition coefficient (Wildman–Crippen LogP) is 0.774. The average Bonchev–Trinajstić information content (AvgIpc) is 2.58. The number of hydrogen-bond acceptors (Lipinski definition) is 2. The van der Waals surface area contributed by atoms with E-state index in [1.54, 1.807) is 4.90 Å². The van der Waals surface area contributed by atoms with E-state index in [9.17, 15) is 14.0 Å². The maximum Gasteiger partial charge on any atom is 0.243 e. The third kappa shape index (κ3) is 1.58. The molecular weight excluding hydrogens is 211 g/mol. The third-order valence-electron chi connectivity index (χ3n) is 3.71. The standard InChI is InChI=1S/C11H17FN2O2/c1-2-13-8-14(6-9(13)15)10(16)11(7-12)4-3-5-11/h2-8H2,1H3. The third-order valence-corrected chi connectivity index (χ3v) is 3.71. The fourth-order valence-corrected chi connectivity index (χ4v) is 2.35. The Labute approximate surface area is 94.4 Å². The molecule has 2 fully saturated rings. The lowest BCUT2D eigenvalue weighted by atomic mass is 9.69. The minimum Gasteiger partial charge on any atom is -0.324 e. The van der Waals surface area contributed by atoms with Crippen molar-refractivity contribution in [2.24, 2.45) is 5.41 Å². The van der Waals surface area contributed by atoms with Crippen LogP contribution in [-0.2, 0) is 9.59 Å². The highest BCUT2D eigenvalue weighted by atomic mass is 19.1. The zero-order chi connectivity index (χ0) is 11.8. The molecule has 16 heavy (non-hydrogen) atoms. The summed E-state index contributed by atoms with van der Waals surface area (Å²) in [5.74, 6) is -0.213. The molecule has 1 heterocycles. The second-order valence-electron chi connectivity index (χ2n) is 4.66. The zero-order valence-electron chi connectivity index (χ0n) is 9.54. The van der Waals surface area contributed by atoms with Crippen LogP contribution in [0.1, 0.15) is 26.2 Å². The van der Waals surface area contributed by atoms with Crippen molar-refractivity contribution in [3.05, 3.63) is 0 Å². The molecule has 2 amide bonds. The first-order valence-electron chi connectivity index (χ1n) is 5.76. The van der Waals surface area contributed by atoms with Gasteiger partial charge in [-0.25, -0.2) is 4.39 Å². The van der Waals surface area contributed by atoms with Crippen LogP contribution in [0.25, 0.3) is 0 Å². The van der Waals surface area contributed by atoms with Gasteiger partial charge in [-0.05, 0) is 19.8 Å². The van der Waals surface area contributed by atoms with Crippen molar-refractivity contribution < 1.29 is 14.0 Å². The van der Waals surface area contributed by atoms with Gasteiger partial charge in [0.2, 0.25) is 11.8 Å². The highest BCUT2D eigenvalue weighted by molar-refractivity contribution is 5.91. The van der Waals surface area contributed by atoms with E-state index >= 15 is 0 Å². The van der Waals surface area contributed by atoms with Crippen molar-refractivity contribution in [3.63, 3.8) is 0 Å². The van der Waals surface area contributed by atoms with Crippen LogP contribution >= 0.6 is 0 Å². The molecule has 5 heteroatoms. The van der Waals surface area contributed by atoms with Gasteiger partial charge in [0.05, 0.1) is 12.1 Å². The van der Waals surface area contributed by atoms with E-state index in [4.69, 9.17) is 0 Å². The Morgan fingerprint density at radius 3 is 2.56 bits per heavy atom. The normalized spacial score (nSPS) is 23.5. The van der Waals surface area contributed by atoms with E-state index in [2.05, 4.69) is 0 Å². The van der Waals surface area contributed by atoms with E-state index < -0.39 is 12.1 Å². The molecule has 2 rings (SSSR count). The van der Waals surface area contributed by atoms with Gasteiger partial charge in [-0.1, -0.05) is 6.42 Å². The van der Waals surface area contributed by atoms with E-state index in [-0.39, 0.29) is 18.4 Å². The van der Waals surface area contributed by atoms with Gasteiger partial charge in [0.25, 0.3) is 0 Å². The Kier molecular flexibility index (Phi) is 2.86. The quantitative estimate of drug-likeness (QED) is 0.716. The van der Waals surface area contributed by atoms with Crippen LogP contribution in [0.2, 0.25) is 0 Å². The number of hydrogen-bond donors (Lipinski definition) is 0. The largest absolute Gasteiger partial charge is 0.324 e. The molecule has 1 aliphatic carbocycles. The van der Waals surface area contributed by atoms with Crippen LogP contribution in [0.3, 0.4) is 0 Å². The molecule has 0 radical (unpaired) electrons. The number of nitrogens with zero attached hydrogens (tertiary/aromatic N) is 2. The summed E-state index contributed by atoms with van der Waals surface area (Å²) < 4.78 is 12.9. The molecular formula is C11H17FN2O2. The molecule has 90 valence electrons. The lowest BCUT2D eigenvalue weighted by Crippen LogP contribution is -2.49. The highest BCUT2D eigenvalue weighted by Crippen LogP contribution is 2.43. The molecule has 0 aromatic rings. The predicted molar refractivity (Wildman–Crippen MR) is 56.2 cm³/mol. The van der Waals surface area contributed by atoms with Crippen LogP contribution in [0, 0.1) is 5.41 Å². The van der Waals surface area contributed by atoms with Crippen LogP contribution in [0.15, 0.2) is 0 Å². The molecule has 0 spiro atoms. The Hall–Kier alpha value is -1.13. The monoisotopic (exact) mass is 228 g/mol. The van der Waals surface area contributed by atoms with Crippen molar-refractivity contribution >= 4 is 11.8 Å². The maximum atomic E-state index is 12.9. The van der Waals surface area contributed by atoms with Crippen molar-refractivity contribution in [2.45, 2.75) is 26.2 Å². The van der Waals surface area contributed by atoms with Crippen LogP contribution in [0.5, 0.6) is 0 Å². The Morgan fingerprint density at radius 1 is 1.50 bits per heavy atom. The zero-order valence-corrected chi connectivity index (χ0v) is 9.54. The van der Waals surface area contributed by atoms with Gasteiger partial charge >= 0.3 is 0 Å². The second-order valence-corrected chi connectivity index (χ2v) is 4.66. The smallest absolute Gasteiger partial charge is 0.243 e. The molecule has 0 aromatic heterocycles. The van der Waals surface area contributed by atoms with Crippen molar-refractivity contribution in [2.75, 3.05) is 26.4 Å². The first-order chi connectivity index (χ1) is 7.63. The number of halogens is 1. The summed E-state index contributed by atoms with van der Waals surface area (Å²) in [7, 11) is 0. The first-order valence-corrected chi connectivity index (χ1v) is 5.76. The Balaban J connectivity index is 2.04. The minimum atomic E-state index is -0.802. The Bertz CT molecular complexity index is 310. The average molecular weight is 228 g/mol. The van der Waals surface area contributed by atoms with Gasteiger partial charge in [0.15, 0.2) is 0 Å². The molecule has 0 bridgehead atoms. The van der Waals surface area contributed by atoms with Gasteiger partial charge < -0.3 is 9.80 Å². The van der Waals surface area contributed by atoms with Crippen molar-refractivity contribution in [3.8, 4) is 0 Å². The summed E-state index contributed by atoms with van der Waals surface area (Å²) in [5.41, 5.74) is -0.802. The lowest BCUT2D eigenvalue weighted by molar-refractivity contribution is -0.148. The summed E-state index contributed by atoms with van der Waals surface area (Å²) >= 11 is 0. The SMILES string of the molecule is CCN1CN(C(=O)C2(CF)CCC2)CC1=O. The van der Waals surface area contributed by atoms with Crippen molar-refractivity contribution in [1.29, 1.82) is 0 Å². The van der Waals surface area contributed by atoms with Gasteiger partial charge in [-0.2, -0.15) is 0 Å². The number of carbonyl (C=O) groups is 2. The topological polar surface area (TPSA) is 40.6 Å². The van der Waals surface area contributed by atoms with E-state index in [0.29, 0.717) is 26.1 Å². The maximum absolute atomic E-state index is 12.9. The molecule has 4 nitrogen and oxygen atoms in total. The molecule has 2 aliphatic rings. The summed E-state index contributed by atoms with van der Waals surface area (Å²) in [4.78, 5) is 26.7. The molecule has 0 aromatic carbocycles. The molecule has 1 saturated heterocycles. The number of likely N-dealkylation sites (N-methyl/N-ethyl adjacent to an activating group) is 1. The molecule has 0 unspecified atom stereocenters. The fraction of sp³-hybridized carbons (Fsp3) is 0.818. The van der Waals surface area contributed by atoms with E-state index in [1.807, 2.05) is 6.92 Å². The number of amides is 2. The van der Waals surface area contributed by atoms with E-state index in [1.165, 1.54) is 4.90 Å². The number of alkyl halides is 1. The molecule has 1 aliphatic heterocycles. The molecule has 1 saturated carbocycles. The highest BCUT2D eigenvalue weighted by Gasteiger charge is 2.48. The van der Waals surface area contributed by atoms with Gasteiger partial charge in [0, 0.05) is 6.54 Å². The minimum absolute atomic E-state index is 0.0378.